The predicted molar refractivity (Wildman–Crippen MR) is 47.9 cm³/mol. The second kappa shape index (κ2) is 3.46. The molecule has 12 heavy (non-hydrogen) atoms. The second-order valence-corrected chi connectivity index (χ2v) is 4.33. The molecule has 1 N–H and O–H groups in total. The van der Waals surface area contributed by atoms with Gasteiger partial charge in [0.1, 0.15) is 0 Å². The Morgan fingerprint density at radius 2 is 2.00 bits per heavy atom. The average molecular weight is 170 g/mol. The Kier molecular flexibility index (Phi) is 2.76. The van der Waals surface area contributed by atoms with E-state index >= 15 is 0 Å². The van der Waals surface area contributed by atoms with Crippen LogP contribution in [0.15, 0.2) is 0 Å². The summed E-state index contributed by atoms with van der Waals surface area (Å²) in [6.07, 6.45) is 2.18. The first kappa shape index (κ1) is 9.56. The van der Waals surface area contributed by atoms with Gasteiger partial charge in [-0.25, -0.2) is 0 Å². The molecule has 2 heteroatoms. The molecule has 0 radical (unpaired) electrons. The van der Waals surface area contributed by atoms with Crippen LogP contribution >= 0.6 is 0 Å². The molecule has 0 heterocycles. The van der Waals surface area contributed by atoms with E-state index in [2.05, 4.69) is 20.8 Å². The number of rotatable bonds is 2. The van der Waals surface area contributed by atoms with E-state index in [0.29, 0.717) is 17.8 Å². The van der Waals surface area contributed by atoms with E-state index < -0.39 is 5.97 Å². The van der Waals surface area contributed by atoms with Crippen molar-refractivity contribution in [1.29, 1.82) is 0 Å². The number of carbonyl (C=O) groups is 1. The van der Waals surface area contributed by atoms with Gasteiger partial charge in [0.2, 0.25) is 0 Å². The predicted octanol–water partition coefficient (Wildman–Crippen LogP) is 2.39. The van der Waals surface area contributed by atoms with E-state index in [1.165, 1.54) is 0 Å². The first-order valence-corrected chi connectivity index (χ1v) is 4.76. The van der Waals surface area contributed by atoms with Gasteiger partial charge in [0, 0.05) is 0 Å². The van der Waals surface area contributed by atoms with Crippen molar-refractivity contribution in [2.75, 3.05) is 0 Å². The lowest BCUT2D eigenvalue weighted by Crippen LogP contribution is -2.26. The summed E-state index contributed by atoms with van der Waals surface area (Å²) < 4.78 is 0. The van der Waals surface area contributed by atoms with Gasteiger partial charge in [-0.05, 0) is 30.6 Å². The highest BCUT2D eigenvalue weighted by atomic mass is 16.4. The Morgan fingerprint density at radius 1 is 1.42 bits per heavy atom. The van der Waals surface area contributed by atoms with Crippen LogP contribution in [0.5, 0.6) is 0 Å². The number of carboxylic acids is 1. The molecule has 1 aliphatic rings. The topological polar surface area (TPSA) is 37.3 Å². The van der Waals surface area contributed by atoms with Crippen molar-refractivity contribution in [3.8, 4) is 0 Å². The number of aliphatic carboxylic acids is 1. The van der Waals surface area contributed by atoms with Gasteiger partial charge in [-0.3, -0.25) is 4.79 Å². The first-order valence-electron chi connectivity index (χ1n) is 4.76. The molecule has 0 aromatic heterocycles. The molecule has 0 aromatic carbocycles. The van der Waals surface area contributed by atoms with Gasteiger partial charge in [-0.2, -0.15) is 0 Å². The van der Waals surface area contributed by atoms with Crippen molar-refractivity contribution >= 4 is 5.97 Å². The zero-order valence-electron chi connectivity index (χ0n) is 8.08. The van der Waals surface area contributed by atoms with Crippen molar-refractivity contribution in [2.24, 2.45) is 23.7 Å². The van der Waals surface area contributed by atoms with Crippen LogP contribution in [-0.2, 0) is 4.79 Å². The Morgan fingerprint density at radius 3 is 2.33 bits per heavy atom. The quantitative estimate of drug-likeness (QED) is 0.691. The maximum Gasteiger partial charge on any atom is 0.307 e. The van der Waals surface area contributed by atoms with Crippen molar-refractivity contribution in [3.63, 3.8) is 0 Å². The SMILES string of the molecule is CC(C)[C@@H]1CC[C@H](C)[C@H]1C(=O)O. The minimum atomic E-state index is -0.598. The average Bonchev–Trinajstić information content (AvgIpc) is 2.30. The van der Waals surface area contributed by atoms with Gasteiger partial charge < -0.3 is 5.11 Å². The van der Waals surface area contributed by atoms with Crippen LogP contribution in [-0.4, -0.2) is 11.1 Å². The van der Waals surface area contributed by atoms with Crippen LogP contribution in [0.1, 0.15) is 33.6 Å². The van der Waals surface area contributed by atoms with Crippen LogP contribution in [0.25, 0.3) is 0 Å². The van der Waals surface area contributed by atoms with E-state index in [9.17, 15) is 4.79 Å². The van der Waals surface area contributed by atoms with Crippen LogP contribution in [0.4, 0.5) is 0 Å². The number of carboxylic acid groups (broad SMARTS) is 1. The standard InChI is InChI=1S/C10H18O2/c1-6(2)8-5-4-7(3)9(8)10(11)12/h6-9H,4-5H2,1-3H3,(H,11,12)/t7-,8-,9+/m0/s1. The van der Waals surface area contributed by atoms with E-state index in [4.69, 9.17) is 5.11 Å². The zero-order chi connectivity index (χ0) is 9.30. The van der Waals surface area contributed by atoms with E-state index in [0.717, 1.165) is 12.8 Å². The minimum Gasteiger partial charge on any atom is -0.481 e. The molecule has 1 saturated carbocycles. The fourth-order valence-electron chi connectivity index (χ4n) is 2.41. The fourth-order valence-corrected chi connectivity index (χ4v) is 2.41. The summed E-state index contributed by atoms with van der Waals surface area (Å²) in [5, 5.41) is 9.00. The monoisotopic (exact) mass is 170 g/mol. The summed E-state index contributed by atoms with van der Waals surface area (Å²) in [4.78, 5) is 10.9. The molecule has 1 aliphatic carbocycles. The largest absolute Gasteiger partial charge is 0.481 e. The third-order valence-corrected chi connectivity index (χ3v) is 3.17. The van der Waals surface area contributed by atoms with Gasteiger partial charge in [-0.1, -0.05) is 20.8 Å². The molecular weight excluding hydrogens is 152 g/mol. The smallest absolute Gasteiger partial charge is 0.307 e. The van der Waals surface area contributed by atoms with Crippen LogP contribution in [0, 0.1) is 23.7 Å². The number of hydrogen-bond donors (Lipinski definition) is 1. The third-order valence-electron chi connectivity index (χ3n) is 3.17. The highest BCUT2D eigenvalue weighted by molar-refractivity contribution is 5.71. The molecule has 0 aliphatic heterocycles. The molecule has 1 fully saturated rings. The molecule has 0 bridgehead atoms. The van der Waals surface area contributed by atoms with E-state index in [1.807, 2.05) is 0 Å². The van der Waals surface area contributed by atoms with Gasteiger partial charge in [0.25, 0.3) is 0 Å². The highest BCUT2D eigenvalue weighted by Crippen LogP contribution is 2.40. The van der Waals surface area contributed by atoms with Crippen LogP contribution in [0.2, 0.25) is 0 Å². The molecule has 70 valence electrons. The van der Waals surface area contributed by atoms with Crippen LogP contribution in [0.3, 0.4) is 0 Å². The minimum absolute atomic E-state index is 0.0926. The summed E-state index contributed by atoms with van der Waals surface area (Å²) in [6.45, 7) is 6.30. The Labute approximate surface area is 74.0 Å². The summed E-state index contributed by atoms with van der Waals surface area (Å²) in [7, 11) is 0. The Hall–Kier alpha value is -0.530. The maximum absolute atomic E-state index is 10.9. The first-order chi connectivity index (χ1) is 5.54. The Balaban J connectivity index is 2.70. The van der Waals surface area contributed by atoms with Crippen molar-refractivity contribution in [1.82, 2.24) is 0 Å². The maximum atomic E-state index is 10.9. The second-order valence-electron chi connectivity index (χ2n) is 4.33. The normalized spacial score (nSPS) is 35.8. The summed E-state index contributed by atoms with van der Waals surface area (Å²) in [6, 6.07) is 0. The lowest BCUT2D eigenvalue weighted by atomic mass is 9.83. The van der Waals surface area contributed by atoms with Gasteiger partial charge in [0.05, 0.1) is 5.92 Å². The highest BCUT2D eigenvalue weighted by Gasteiger charge is 2.39. The van der Waals surface area contributed by atoms with Crippen LogP contribution < -0.4 is 0 Å². The molecule has 0 unspecified atom stereocenters. The molecule has 0 spiro atoms. The summed E-state index contributed by atoms with van der Waals surface area (Å²) in [5.41, 5.74) is 0. The van der Waals surface area contributed by atoms with E-state index in [-0.39, 0.29) is 5.92 Å². The molecular formula is C10H18O2. The lowest BCUT2D eigenvalue weighted by Gasteiger charge is -2.21. The van der Waals surface area contributed by atoms with Crippen molar-refractivity contribution in [2.45, 2.75) is 33.6 Å². The molecule has 0 amide bonds. The van der Waals surface area contributed by atoms with Crippen molar-refractivity contribution in [3.05, 3.63) is 0 Å². The molecule has 0 saturated heterocycles. The Bertz CT molecular complexity index is 175. The molecule has 3 atom stereocenters. The summed E-state index contributed by atoms with van der Waals surface area (Å²) in [5.74, 6) is 0.590. The van der Waals surface area contributed by atoms with Crippen molar-refractivity contribution < 1.29 is 9.90 Å². The molecule has 0 aromatic rings. The van der Waals surface area contributed by atoms with Gasteiger partial charge in [-0.15, -0.1) is 0 Å². The van der Waals surface area contributed by atoms with Gasteiger partial charge >= 0.3 is 5.97 Å². The fraction of sp³-hybridized carbons (Fsp3) is 0.900. The zero-order valence-corrected chi connectivity index (χ0v) is 8.08. The molecule has 1 rings (SSSR count). The van der Waals surface area contributed by atoms with Gasteiger partial charge in [0.15, 0.2) is 0 Å². The third kappa shape index (κ3) is 1.62. The number of hydrogen-bond acceptors (Lipinski definition) is 1. The summed E-state index contributed by atoms with van der Waals surface area (Å²) >= 11 is 0. The van der Waals surface area contributed by atoms with E-state index in [1.54, 1.807) is 0 Å². The molecule has 2 nitrogen and oxygen atoms in total. The lowest BCUT2D eigenvalue weighted by molar-refractivity contribution is -0.144.